The molecule has 3 aromatic rings. The van der Waals surface area contributed by atoms with E-state index in [4.69, 9.17) is 4.52 Å². The molecule has 7 nitrogen and oxygen atoms in total. The monoisotopic (exact) mass is 412 g/mol. The van der Waals surface area contributed by atoms with E-state index < -0.39 is 0 Å². The Morgan fingerprint density at radius 2 is 1.90 bits per heavy atom. The first kappa shape index (κ1) is 20.7. The van der Waals surface area contributed by atoms with Gasteiger partial charge in [0.25, 0.3) is 11.8 Å². The van der Waals surface area contributed by atoms with E-state index in [9.17, 15) is 9.59 Å². The van der Waals surface area contributed by atoms with Crippen molar-refractivity contribution in [3.63, 3.8) is 0 Å². The molecule has 0 unspecified atom stereocenters. The van der Waals surface area contributed by atoms with Gasteiger partial charge in [0.1, 0.15) is 0 Å². The molecule has 0 saturated carbocycles. The van der Waals surface area contributed by atoms with Crippen LogP contribution in [0.15, 0.2) is 46.3 Å². The summed E-state index contributed by atoms with van der Waals surface area (Å²) in [6.45, 7) is 4.97. The predicted octanol–water partition coefficient (Wildman–Crippen LogP) is 3.55. The summed E-state index contributed by atoms with van der Waals surface area (Å²) < 4.78 is 5.19. The first-order chi connectivity index (χ1) is 14.0. The highest BCUT2D eigenvalue weighted by Gasteiger charge is 2.10. The van der Waals surface area contributed by atoms with Gasteiger partial charge >= 0.3 is 0 Å². The molecule has 0 spiro atoms. The number of hydrogen-bond donors (Lipinski definition) is 2. The quantitative estimate of drug-likeness (QED) is 0.524. The Morgan fingerprint density at radius 3 is 2.55 bits per heavy atom. The van der Waals surface area contributed by atoms with Crippen LogP contribution in [0.5, 0.6) is 0 Å². The molecule has 2 N–H and O–H groups in total. The Labute approximate surface area is 173 Å². The van der Waals surface area contributed by atoms with Crippen LogP contribution in [0.4, 0.5) is 0 Å². The number of carbonyl (C=O) groups excluding carboxylic acids is 2. The zero-order valence-electron chi connectivity index (χ0n) is 16.5. The molecule has 0 fully saturated rings. The molecule has 0 saturated heterocycles. The van der Waals surface area contributed by atoms with Gasteiger partial charge in [-0.2, -0.15) is 4.98 Å². The molecule has 0 aliphatic rings. The predicted molar refractivity (Wildman–Crippen MR) is 111 cm³/mol. The Balaban J connectivity index is 1.39. The molecule has 0 radical (unpaired) electrons. The number of thiophene rings is 1. The summed E-state index contributed by atoms with van der Waals surface area (Å²) >= 11 is 1.40. The largest absolute Gasteiger partial charge is 0.352 e. The van der Waals surface area contributed by atoms with Crippen molar-refractivity contribution in [2.75, 3.05) is 6.54 Å². The van der Waals surface area contributed by atoms with E-state index in [0.29, 0.717) is 41.7 Å². The van der Waals surface area contributed by atoms with Crippen molar-refractivity contribution in [2.45, 2.75) is 39.2 Å². The molecule has 0 atom stereocenters. The molecule has 29 heavy (non-hydrogen) atoms. The summed E-state index contributed by atoms with van der Waals surface area (Å²) in [5.41, 5.74) is 1.52. The van der Waals surface area contributed by atoms with E-state index in [1.165, 1.54) is 11.3 Å². The van der Waals surface area contributed by atoms with Gasteiger partial charge in [-0.15, -0.1) is 11.3 Å². The van der Waals surface area contributed by atoms with E-state index in [-0.39, 0.29) is 17.7 Å². The molecule has 0 aliphatic carbocycles. The Bertz CT molecular complexity index is 933. The van der Waals surface area contributed by atoms with E-state index in [1.807, 2.05) is 37.4 Å². The fourth-order valence-electron chi connectivity index (χ4n) is 2.60. The van der Waals surface area contributed by atoms with Crippen molar-refractivity contribution in [3.8, 4) is 0 Å². The van der Waals surface area contributed by atoms with Crippen LogP contribution >= 0.6 is 11.3 Å². The molecule has 152 valence electrons. The fraction of sp³-hybridized carbons (Fsp3) is 0.333. The molecule has 1 aromatic carbocycles. The normalized spacial score (nSPS) is 10.9. The zero-order valence-corrected chi connectivity index (χ0v) is 17.3. The maximum absolute atomic E-state index is 12.3. The van der Waals surface area contributed by atoms with Gasteiger partial charge < -0.3 is 15.2 Å². The van der Waals surface area contributed by atoms with Crippen molar-refractivity contribution in [3.05, 3.63) is 69.5 Å². The second-order valence-corrected chi connectivity index (χ2v) is 7.87. The van der Waals surface area contributed by atoms with Gasteiger partial charge in [-0.05, 0) is 35.6 Å². The van der Waals surface area contributed by atoms with Crippen LogP contribution < -0.4 is 10.6 Å². The van der Waals surface area contributed by atoms with Crippen molar-refractivity contribution in [1.82, 2.24) is 20.8 Å². The molecular weight excluding hydrogens is 388 g/mol. The number of hydrogen-bond acceptors (Lipinski definition) is 6. The molecule has 8 heteroatoms. The molecular formula is C21H24N4O3S. The van der Waals surface area contributed by atoms with Crippen molar-refractivity contribution >= 4 is 23.2 Å². The lowest BCUT2D eigenvalue weighted by molar-refractivity contribution is 0.0944. The first-order valence-corrected chi connectivity index (χ1v) is 10.4. The SMILES string of the molecule is CC(C)c1noc(CCCNC(=O)c2ccc(CNC(=O)c3cccs3)cc2)n1. The van der Waals surface area contributed by atoms with Crippen LogP contribution in [-0.4, -0.2) is 28.5 Å². The Hall–Kier alpha value is -3.00. The van der Waals surface area contributed by atoms with Crippen LogP contribution in [0, 0.1) is 0 Å². The third kappa shape index (κ3) is 5.99. The molecule has 3 rings (SSSR count). The maximum atomic E-state index is 12.3. The number of aromatic nitrogens is 2. The number of nitrogens with one attached hydrogen (secondary N) is 2. The lowest BCUT2D eigenvalue weighted by Gasteiger charge is -2.07. The number of carbonyl (C=O) groups is 2. The molecule has 0 bridgehead atoms. The number of amides is 2. The average Bonchev–Trinajstić information content (AvgIpc) is 3.42. The van der Waals surface area contributed by atoms with Gasteiger partial charge in [0.2, 0.25) is 5.89 Å². The summed E-state index contributed by atoms with van der Waals surface area (Å²) in [6.07, 6.45) is 1.35. The summed E-state index contributed by atoms with van der Waals surface area (Å²) in [4.78, 5) is 29.2. The van der Waals surface area contributed by atoms with Gasteiger partial charge in [-0.25, -0.2) is 0 Å². The Morgan fingerprint density at radius 1 is 1.10 bits per heavy atom. The van der Waals surface area contributed by atoms with Crippen molar-refractivity contribution in [2.24, 2.45) is 0 Å². The second kappa shape index (κ2) is 9.97. The second-order valence-electron chi connectivity index (χ2n) is 6.92. The summed E-state index contributed by atoms with van der Waals surface area (Å²) in [5.74, 6) is 1.31. The number of nitrogens with zero attached hydrogens (tertiary/aromatic N) is 2. The van der Waals surface area contributed by atoms with Gasteiger partial charge in [0.05, 0.1) is 4.88 Å². The van der Waals surface area contributed by atoms with Crippen molar-refractivity contribution < 1.29 is 14.1 Å². The minimum atomic E-state index is -0.132. The fourth-order valence-corrected chi connectivity index (χ4v) is 3.24. The highest BCUT2D eigenvalue weighted by Crippen LogP contribution is 2.11. The van der Waals surface area contributed by atoms with E-state index in [1.54, 1.807) is 18.2 Å². The minimum absolute atomic E-state index is 0.0939. The van der Waals surface area contributed by atoms with Crippen LogP contribution in [-0.2, 0) is 13.0 Å². The van der Waals surface area contributed by atoms with E-state index in [0.717, 1.165) is 12.0 Å². The van der Waals surface area contributed by atoms with Gasteiger partial charge in [0.15, 0.2) is 5.82 Å². The summed E-state index contributed by atoms with van der Waals surface area (Å²) in [7, 11) is 0. The highest BCUT2D eigenvalue weighted by molar-refractivity contribution is 7.12. The first-order valence-electron chi connectivity index (χ1n) is 9.54. The smallest absolute Gasteiger partial charge is 0.261 e. The van der Waals surface area contributed by atoms with Crippen LogP contribution in [0.3, 0.4) is 0 Å². The topological polar surface area (TPSA) is 97.1 Å². The minimum Gasteiger partial charge on any atom is -0.352 e. The lowest BCUT2D eigenvalue weighted by atomic mass is 10.1. The van der Waals surface area contributed by atoms with Gasteiger partial charge in [0, 0.05) is 31.0 Å². The maximum Gasteiger partial charge on any atom is 0.261 e. The average molecular weight is 413 g/mol. The zero-order chi connectivity index (χ0) is 20.6. The summed E-state index contributed by atoms with van der Waals surface area (Å²) in [6, 6.07) is 10.8. The third-order valence-corrected chi connectivity index (χ3v) is 5.14. The van der Waals surface area contributed by atoms with Crippen LogP contribution in [0.2, 0.25) is 0 Å². The number of aryl methyl sites for hydroxylation is 1. The molecule has 0 aliphatic heterocycles. The standard InChI is InChI=1S/C21H24N4O3S/c1-14(2)19-24-18(28-25-19)6-3-11-22-20(26)16-9-7-15(8-10-16)13-23-21(27)17-5-4-12-29-17/h4-5,7-10,12,14H,3,6,11,13H2,1-2H3,(H,22,26)(H,23,27). The molecule has 2 heterocycles. The van der Waals surface area contributed by atoms with Crippen LogP contribution in [0.25, 0.3) is 0 Å². The highest BCUT2D eigenvalue weighted by atomic mass is 32.1. The molecule has 2 amide bonds. The van der Waals surface area contributed by atoms with E-state index >= 15 is 0 Å². The van der Waals surface area contributed by atoms with Crippen LogP contribution in [0.1, 0.15) is 63.5 Å². The van der Waals surface area contributed by atoms with Gasteiger partial charge in [-0.3, -0.25) is 9.59 Å². The lowest BCUT2D eigenvalue weighted by Crippen LogP contribution is -2.25. The molecule has 2 aromatic heterocycles. The van der Waals surface area contributed by atoms with Crippen molar-refractivity contribution in [1.29, 1.82) is 0 Å². The Kier molecular flexibility index (Phi) is 7.13. The summed E-state index contributed by atoms with van der Waals surface area (Å²) in [5, 5.41) is 11.6. The van der Waals surface area contributed by atoms with Gasteiger partial charge in [-0.1, -0.05) is 37.2 Å². The van der Waals surface area contributed by atoms with E-state index in [2.05, 4.69) is 20.8 Å². The third-order valence-electron chi connectivity index (χ3n) is 4.27. The number of rotatable bonds is 9. The number of benzene rings is 1.